The Hall–Kier alpha value is -2.63. The van der Waals surface area contributed by atoms with E-state index in [2.05, 4.69) is 4.98 Å². The molecule has 0 saturated heterocycles. The highest BCUT2D eigenvalue weighted by atomic mass is 16.5. The minimum Gasteiger partial charge on any atom is -0.494 e. The molecule has 1 aromatic heterocycles. The van der Waals surface area contributed by atoms with Gasteiger partial charge in [-0.3, -0.25) is 9.59 Å². The first-order valence-electron chi connectivity index (χ1n) is 7.87. The van der Waals surface area contributed by atoms with E-state index in [1.54, 1.807) is 14.0 Å². The first kappa shape index (κ1) is 17.7. The van der Waals surface area contributed by atoms with Crippen LogP contribution in [0, 0.1) is 6.92 Å². The number of hydrogen-bond acceptors (Lipinski definition) is 5. The maximum absolute atomic E-state index is 12.3. The van der Waals surface area contributed by atoms with Gasteiger partial charge in [0.1, 0.15) is 11.3 Å². The topological polar surface area (TPSA) is 91.5 Å². The number of aromatic nitrogens is 1. The van der Waals surface area contributed by atoms with E-state index in [0.717, 1.165) is 16.5 Å². The molecule has 0 bridgehead atoms. The lowest BCUT2D eigenvalue weighted by molar-refractivity contribution is -0.145. The molecule has 0 aliphatic carbocycles. The monoisotopic (exact) mass is 330 g/mol. The molecule has 1 atom stereocenters. The minimum absolute atomic E-state index is 0.110. The summed E-state index contributed by atoms with van der Waals surface area (Å²) in [6.07, 6.45) is 0.408. The van der Waals surface area contributed by atoms with Crippen LogP contribution in [0.15, 0.2) is 24.3 Å². The van der Waals surface area contributed by atoms with E-state index in [1.807, 2.05) is 31.2 Å². The Bertz CT molecular complexity index is 758. The summed E-state index contributed by atoms with van der Waals surface area (Å²) in [5, 5.41) is 0.864. The number of ether oxygens (including phenoxy) is 2. The highest BCUT2D eigenvalue weighted by Crippen LogP contribution is 2.31. The summed E-state index contributed by atoms with van der Waals surface area (Å²) in [7, 11) is 1.59. The highest BCUT2D eigenvalue weighted by Gasteiger charge is 2.25. The second kappa shape index (κ2) is 7.77. The molecule has 2 aromatic rings. The molecular weight excluding hydrogens is 308 g/mol. The molecule has 0 spiro atoms. The van der Waals surface area contributed by atoms with Crippen molar-refractivity contribution >= 4 is 22.8 Å². The number of pyridine rings is 1. The maximum Gasteiger partial charge on any atom is 0.313 e. The summed E-state index contributed by atoms with van der Waals surface area (Å²) in [4.78, 5) is 28.1. The Morgan fingerprint density at radius 2 is 2.08 bits per heavy atom. The van der Waals surface area contributed by atoms with Crippen molar-refractivity contribution < 1.29 is 19.1 Å². The molecule has 6 nitrogen and oxygen atoms in total. The summed E-state index contributed by atoms with van der Waals surface area (Å²) >= 11 is 0. The third kappa shape index (κ3) is 3.82. The number of nitrogens with two attached hydrogens (primary N) is 1. The van der Waals surface area contributed by atoms with E-state index in [0.29, 0.717) is 17.9 Å². The number of fused-ring (bicyclic) bond motifs is 1. The molecule has 0 aliphatic rings. The lowest BCUT2D eigenvalue weighted by Gasteiger charge is -2.18. The van der Waals surface area contributed by atoms with Gasteiger partial charge < -0.3 is 15.2 Å². The third-order valence-corrected chi connectivity index (χ3v) is 3.88. The van der Waals surface area contributed by atoms with Gasteiger partial charge in [-0.2, -0.15) is 0 Å². The number of carbonyl (C=O) groups is 2. The van der Waals surface area contributed by atoms with Crippen LogP contribution < -0.4 is 10.5 Å². The largest absolute Gasteiger partial charge is 0.494 e. The van der Waals surface area contributed by atoms with Gasteiger partial charge >= 0.3 is 5.97 Å². The van der Waals surface area contributed by atoms with Crippen molar-refractivity contribution in [3.8, 4) is 5.75 Å². The van der Waals surface area contributed by atoms with E-state index >= 15 is 0 Å². The van der Waals surface area contributed by atoms with Crippen LogP contribution in [0.4, 0.5) is 0 Å². The second-order valence-corrected chi connectivity index (χ2v) is 5.50. The van der Waals surface area contributed by atoms with Crippen LogP contribution in [0.3, 0.4) is 0 Å². The summed E-state index contributed by atoms with van der Waals surface area (Å²) in [5.74, 6) is -0.712. The number of nitrogens with zero attached hydrogens (tertiary/aromatic N) is 1. The number of benzene rings is 1. The van der Waals surface area contributed by atoms with Gasteiger partial charge in [-0.05, 0) is 38.0 Å². The Morgan fingerprint density at radius 3 is 2.71 bits per heavy atom. The van der Waals surface area contributed by atoms with Crippen molar-refractivity contribution in [3.63, 3.8) is 0 Å². The van der Waals surface area contributed by atoms with Crippen LogP contribution >= 0.6 is 0 Å². The van der Waals surface area contributed by atoms with Gasteiger partial charge in [0.2, 0.25) is 5.91 Å². The van der Waals surface area contributed by atoms with Gasteiger partial charge in [-0.1, -0.05) is 12.1 Å². The first-order valence-corrected chi connectivity index (χ1v) is 7.87. The molecule has 1 unspecified atom stereocenters. The van der Waals surface area contributed by atoms with Crippen LogP contribution in [0.25, 0.3) is 10.9 Å². The van der Waals surface area contributed by atoms with Crippen molar-refractivity contribution in [2.45, 2.75) is 32.6 Å². The standard InChI is InChI=1S/C18H22N2O4/c1-4-24-18(22)13(8-9-16(19)21)14-10-12-6-5-7-15(23-3)17(12)20-11(14)2/h5-7,10,13H,4,8-9H2,1-3H3,(H2,19,21). The number of amides is 1. The van der Waals surface area contributed by atoms with Gasteiger partial charge in [-0.15, -0.1) is 0 Å². The summed E-state index contributed by atoms with van der Waals surface area (Å²) < 4.78 is 10.5. The fraction of sp³-hybridized carbons (Fsp3) is 0.389. The Balaban J connectivity index is 2.50. The first-order chi connectivity index (χ1) is 11.5. The van der Waals surface area contributed by atoms with Crippen molar-refractivity contribution in [1.29, 1.82) is 0 Å². The van der Waals surface area contributed by atoms with E-state index in [9.17, 15) is 9.59 Å². The molecule has 1 heterocycles. The molecule has 24 heavy (non-hydrogen) atoms. The summed E-state index contributed by atoms with van der Waals surface area (Å²) in [6, 6.07) is 7.52. The van der Waals surface area contributed by atoms with Crippen LogP contribution in [0.2, 0.25) is 0 Å². The predicted molar refractivity (Wildman–Crippen MR) is 90.8 cm³/mol. The van der Waals surface area contributed by atoms with Crippen LogP contribution in [-0.4, -0.2) is 30.6 Å². The average molecular weight is 330 g/mol. The molecule has 1 amide bonds. The van der Waals surface area contributed by atoms with E-state index < -0.39 is 11.8 Å². The highest BCUT2D eigenvalue weighted by molar-refractivity contribution is 5.87. The zero-order valence-electron chi connectivity index (χ0n) is 14.2. The van der Waals surface area contributed by atoms with Gasteiger partial charge in [0, 0.05) is 17.5 Å². The van der Waals surface area contributed by atoms with Gasteiger partial charge in [0.05, 0.1) is 19.6 Å². The van der Waals surface area contributed by atoms with Crippen molar-refractivity contribution in [1.82, 2.24) is 4.98 Å². The number of hydrogen-bond donors (Lipinski definition) is 1. The normalized spacial score (nSPS) is 12.0. The quantitative estimate of drug-likeness (QED) is 0.787. The summed E-state index contributed by atoms with van der Waals surface area (Å²) in [6.45, 7) is 3.86. The maximum atomic E-state index is 12.3. The predicted octanol–water partition coefficient (Wildman–Crippen LogP) is 2.46. The van der Waals surface area contributed by atoms with E-state index in [1.165, 1.54) is 0 Å². The number of rotatable bonds is 7. The SMILES string of the molecule is CCOC(=O)C(CCC(N)=O)c1cc2cccc(OC)c2nc1C. The number of carbonyl (C=O) groups excluding carboxylic acids is 2. The Labute approximate surface area is 141 Å². The lowest BCUT2D eigenvalue weighted by atomic mass is 9.91. The zero-order chi connectivity index (χ0) is 17.7. The fourth-order valence-electron chi connectivity index (χ4n) is 2.73. The molecule has 0 radical (unpaired) electrons. The fourth-order valence-corrected chi connectivity index (χ4v) is 2.73. The number of aryl methyl sites for hydroxylation is 1. The van der Waals surface area contributed by atoms with Gasteiger partial charge in [-0.25, -0.2) is 4.98 Å². The zero-order valence-corrected chi connectivity index (χ0v) is 14.2. The molecule has 2 N–H and O–H groups in total. The molecule has 6 heteroatoms. The number of para-hydroxylation sites is 1. The van der Waals surface area contributed by atoms with Gasteiger partial charge in [0.25, 0.3) is 0 Å². The average Bonchev–Trinajstić information content (AvgIpc) is 2.54. The molecule has 0 fully saturated rings. The van der Waals surface area contributed by atoms with E-state index in [4.69, 9.17) is 15.2 Å². The minimum atomic E-state index is -0.569. The molecule has 128 valence electrons. The number of methoxy groups -OCH3 is 1. The van der Waals surface area contributed by atoms with Crippen LogP contribution in [-0.2, 0) is 14.3 Å². The molecule has 0 aliphatic heterocycles. The van der Waals surface area contributed by atoms with Gasteiger partial charge in [0.15, 0.2) is 0 Å². The van der Waals surface area contributed by atoms with Crippen LogP contribution in [0.1, 0.15) is 36.9 Å². The number of esters is 1. The Kier molecular flexibility index (Phi) is 5.73. The molecular formula is C18H22N2O4. The third-order valence-electron chi connectivity index (χ3n) is 3.88. The number of primary amides is 1. The Morgan fingerprint density at radius 1 is 1.33 bits per heavy atom. The second-order valence-electron chi connectivity index (χ2n) is 5.50. The van der Waals surface area contributed by atoms with Crippen molar-refractivity contribution in [2.75, 3.05) is 13.7 Å². The lowest BCUT2D eigenvalue weighted by Crippen LogP contribution is -2.20. The van der Waals surface area contributed by atoms with Crippen molar-refractivity contribution in [2.24, 2.45) is 5.73 Å². The molecule has 0 saturated carbocycles. The van der Waals surface area contributed by atoms with Crippen molar-refractivity contribution in [3.05, 3.63) is 35.5 Å². The van der Waals surface area contributed by atoms with Crippen LogP contribution in [0.5, 0.6) is 5.75 Å². The smallest absolute Gasteiger partial charge is 0.313 e. The molecule has 1 aromatic carbocycles. The summed E-state index contributed by atoms with van der Waals surface area (Å²) in [5.41, 5.74) is 7.42. The van der Waals surface area contributed by atoms with E-state index in [-0.39, 0.29) is 19.0 Å². The molecule has 2 rings (SSSR count).